The number of rotatable bonds is 13. The molecule has 0 aromatic rings. The summed E-state index contributed by atoms with van der Waals surface area (Å²) >= 11 is 0. The van der Waals surface area contributed by atoms with E-state index in [2.05, 4.69) is 21.3 Å². The molecular weight excluding hydrogens is 458 g/mol. The number of carbonyl (C=O) groups excluding carboxylic acids is 6. The SMILES string of the molecule is CC(=O)N[C@@H](C)C(=O)N[C@@H](C)C(=O)N1CCC[C@H]1C(=O)N[C@@H](C)C(=O)N[C@@H](CCCCN)C(N)=O. The predicted molar refractivity (Wildman–Crippen MR) is 127 cm³/mol. The van der Waals surface area contributed by atoms with Crippen LogP contribution in [0.15, 0.2) is 0 Å². The summed E-state index contributed by atoms with van der Waals surface area (Å²) in [6.07, 6.45) is 2.62. The molecule has 6 amide bonds. The van der Waals surface area contributed by atoms with Crippen molar-refractivity contribution in [1.82, 2.24) is 26.2 Å². The van der Waals surface area contributed by atoms with E-state index in [9.17, 15) is 28.8 Å². The lowest BCUT2D eigenvalue weighted by atomic mass is 10.1. The fourth-order valence-electron chi connectivity index (χ4n) is 3.77. The number of nitrogens with one attached hydrogen (secondary N) is 4. The van der Waals surface area contributed by atoms with Gasteiger partial charge in [-0.2, -0.15) is 0 Å². The van der Waals surface area contributed by atoms with Crippen LogP contribution < -0.4 is 32.7 Å². The molecule has 198 valence electrons. The van der Waals surface area contributed by atoms with E-state index in [1.54, 1.807) is 0 Å². The summed E-state index contributed by atoms with van der Waals surface area (Å²) in [5.41, 5.74) is 10.8. The molecule has 13 heteroatoms. The van der Waals surface area contributed by atoms with Crippen molar-refractivity contribution < 1.29 is 28.8 Å². The Morgan fingerprint density at radius 2 is 1.49 bits per heavy atom. The number of primary amides is 1. The number of likely N-dealkylation sites (tertiary alicyclic amines) is 1. The molecule has 13 nitrogen and oxygen atoms in total. The first-order valence-corrected chi connectivity index (χ1v) is 11.9. The molecule has 0 aromatic carbocycles. The minimum absolute atomic E-state index is 0.323. The normalized spacial score (nSPS) is 18.5. The second-order valence-corrected chi connectivity index (χ2v) is 8.82. The number of unbranched alkanes of at least 4 members (excludes halogenated alkanes) is 1. The lowest BCUT2D eigenvalue weighted by Crippen LogP contribution is -2.57. The molecule has 0 bridgehead atoms. The van der Waals surface area contributed by atoms with Crippen molar-refractivity contribution in [3.8, 4) is 0 Å². The van der Waals surface area contributed by atoms with Crippen LogP contribution in [0.2, 0.25) is 0 Å². The number of amides is 6. The molecule has 0 radical (unpaired) electrons. The Hall–Kier alpha value is -3.22. The maximum absolute atomic E-state index is 12.9. The van der Waals surface area contributed by atoms with Crippen LogP contribution in [0.1, 0.15) is 59.8 Å². The Balaban J connectivity index is 2.69. The zero-order valence-electron chi connectivity index (χ0n) is 20.9. The number of nitrogens with two attached hydrogens (primary N) is 2. The van der Waals surface area contributed by atoms with Gasteiger partial charge in [-0.15, -0.1) is 0 Å². The molecule has 1 aliphatic heterocycles. The first kappa shape index (κ1) is 29.8. The van der Waals surface area contributed by atoms with E-state index >= 15 is 0 Å². The molecule has 0 spiro atoms. The van der Waals surface area contributed by atoms with Gasteiger partial charge in [0.05, 0.1) is 0 Å². The van der Waals surface area contributed by atoms with Gasteiger partial charge in [-0.05, 0) is 59.4 Å². The molecule has 5 atom stereocenters. The molecule has 0 aliphatic carbocycles. The minimum atomic E-state index is -0.966. The molecule has 0 unspecified atom stereocenters. The van der Waals surface area contributed by atoms with Crippen LogP contribution in [0.3, 0.4) is 0 Å². The highest BCUT2D eigenvalue weighted by atomic mass is 16.2. The van der Waals surface area contributed by atoms with Crippen molar-refractivity contribution in [2.75, 3.05) is 13.1 Å². The third-order valence-corrected chi connectivity index (χ3v) is 5.74. The van der Waals surface area contributed by atoms with Gasteiger partial charge in [-0.3, -0.25) is 28.8 Å². The molecule has 35 heavy (non-hydrogen) atoms. The van der Waals surface area contributed by atoms with Gasteiger partial charge in [-0.1, -0.05) is 0 Å². The van der Waals surface area contributed by atoms with Crippen molar-refractivity contribution in [1.29, 1.82) is 0 Å². The highest BCUT2D eigenvalue weighted by Crippen LogP contribution is 2.19. The summed E-state index contributed by atoms with van der Waals surface area (Å²) in [5.74, 6) is -3.11. The van der Waals surface area contributed by atoms with Gasteiger partial charge in [0.2, 0.25) is 35.4 Å². The highest BCUT2D eigenvalue weighted by molar-refractivity contribution is 5.96. The fraction of sp³-hybridized carbons (Fsp3) is 0.727. The predicted octanol–water partition coefficient (Wildman–Crippen LogP) is -2.39. The molecule has 1 saturated heterocycles. The van der Waals surface area contributed by atoms with Crippen LogP contribution >= 0.6 is 0 Å². The zero-order chi connectivity index (χ0) is 26.7. The van der Waals surface area contributed by atoms with E-state index in [1.807, 2.05) is 0 Å². The van der Waals surface area contributed by atoms with Crippen LogP contribution in [-0.4, -0.2) is 83.6 Å². The number of hydrogen-bond acceptors (Lipinski definition) is 7. The van der Waals surface area contributed by atoms with Crippen molar-refractivity contribution in [2.24, 2.45) is 11.5 Å². The molecular formula is C22H39N7O6. The van der Waals surface area contributed by atoms with Gasteiger partial charge in [0.25, 0.3) is 0 Å². The van der Waals surface area contributed by atoms with Crippen molar-refractivity contribution in [2.45, 2.75) is 90.0 Å². The fourth-order valence-corrected chi connectivity index (χ4v) is 3.77. The van der Waals surface area contributed by atoms with E-state index < -0.39 is 59.7 Å². The second-order valence-electron chi connectivity index (χ2n) is 8.82. The smallest absolute Gasteiger partial charge is 0.245 e. The van der Waals surface area contributed by atoms with Crippen LogP contribution in [0.4, 0.5) is 0 Å². The lowest BCUT2D eigenvalue weighted by molar-refractivity contribution is -0.142. The van der Waals surface area contributed by atoms with Crippen molar-refractivity contribution >= 4 is 35.4 Å². The summed E-state index contributed by atoms with van der Waals surface area (Å²) in [7, 11) is 0. The number of carbonyl (C=O) groups is 6. The quantitative estimate of drug-likeness (QED) is 0.152. The molecule has 8 N–H and O–H groups in total. The van der Waals surface area contributed by atoms with E-state index in [-0.39, 0.29) is 5.91 Å². The average Bonchev–Trinajstić information content (AvgIpc) is 3.27. The first-order valence-electron chi connectivity index (χ1n) is 11.9. The Morgan fingerprint density at radius 3 is 2.06 bits per heavy atom. The lowest BCUT2D eigenvalue weighted by Gasteiger charge is -2.28. The molecule has 0 saturated carbocycles. The maximum Gasteiger partial charge on any atom is 0.245 e. The number of nitrogens with zero attached hydrogens (tertiary/aromatic N) is 1. The molecule has 1 fully saturated rings. The third-order valence-electron chi connectivity index (χ3n) is 5.74. The molecule has 1 aliphatic rings. The molecule has 0 aromatic heterocycles. The highest BCUT2D eigenvalue weighted by Gasteiger charge is 2.37. The Bertz CT molecular complexity index is 805. The summed E-state index contributed by atoms with van der Waals surface area (Å²) in [5, 5.41) is 10.1. The van der Waals surface area contributed by atoms with Crippen LogP contribution in [0.25, 0.3) is 0 Å². The molecule has 1 rings (SSSR count). The average molecular weight is 498 g/mol. The zero-order valence-corrected chi connectivity index (χ0v) is 20.9. The number of hydrogen-bond donors (Lipinski definition) is 6. The van der Waals surface area contributed by atoms with Gasteiger partial charge >= 0.3 is 0 Å². The summed E-state index contributed by atoms with van der Waals surface area (Å²) in [6, 6.07) is -4.38. The first-order chi connectivity index (χ1) is 16.4. The summed E-state index contributed by atoms with van der Waals surface area (Å²) in [6.45, 7) is 6.52. The van der Waals surface area contributed by atoms with Crippen molar-refractivity contribution in [3.63, 3.8) is 0 Å². The van der Waals surface area contributed by atoms with Gasteiger partial charge in [0.15, 0.2) is 0 Å². The van der Waals surface area contributed by atoms with Gasteiger partial charge in [-0.25, -0.2) is 0 Å². The van der Waals surface area contributed by atoms with Crippen LogP contribution in [0, 0.1) is 0 Å². The summed E-state index contributed by atoms with van der Waals surface area (Å²) in [4.78, 5) is 74.6. The maximum atomic E-state index is 12.9. The summed E-state index contributed by atoms with van der Waals surface area (Å²) < 4.78 is 0. The third kappa shape index (κ3) is 9.51. The van der Waals surface area contributed by atoms with E-state index in [4.69, 9.17) is 11.5 Å². The van der Waals surface area contributed by atoms with E-state index in [0.717, 1.165) is 0 Å². The van der Waals surface area contributed by atoms with Crippen LogP contribution in [0.5, 0.6) is 0 Å². The van der Waals surface area contributed by atoms with Gasteiger partial charge in [0.1, 0.15) is 30.2 Å². The van der Waals surface area contributed by atoms with Crippen LogP contribution in [-0.2, 0) is 28.8 Å². The Labute approximate surface area is 205 Å². The second kappa shape index (κ2) is 14.2. The monoisotopic (exact) mass is 497 g/mol. The standard InChI is InChI=1S/C22H39N7O6/c1-12(25-15(4)30)19(32)27-14(3)22(35)29-11-7-9-17(29)21(34)26-13(2)20(33)28-16(18(24)31)8-5-6-10-23/h12-14,16-17H,5-11,23H2,1-4H3,(H2,24,31)(H,25,30)(H,26,34)(H,27,32)(H,28,33)/t12-,13-,14-,16-,17-/m0/s1. The van der Waals surface area contributed by atoms with Crippen molar-refractivity contribution in [3.05, 3.63) is 0 Å². The topological polar surface area (TPSA) is 206 Å². The van der Waals surface area contributed by atoms with E-state index in [0.29, 0.717) is 45.2 Å². The Kier molecular flexibility index (Phi) is 12.1. The largest absolute Gasteiger partial charge is 0.368 e. The molecule has 1 heterocycles. The minimum Gasteiger partial charge on any atom is -0.368 e. The Morgan fingerprint density at radius 1 is 0.886 bits per heavy atom. The van der Waals surface area contributed by atoms with E-state index in [1.165, 1.54) is 32.6 Å². The van der Waals surface area contributed by atoms with Gasteiger partial charge in [0, 0.05) is 13.5 Å². The van der Waals surface area contributed by atoms with Gasteiger partial charge < -0.3 is 37.6 Å².